The molecule has 32 heavy (non-hydrogen) atoms. The summed E-state index contributed by atoms with van der Waals surface area (Å²) >= 11 is 0. The summed E-state index contributed by atoms with van der Waals surface area (Å²) in [4.78, 5) is 4.87. The van der Waals surface area contributed by atoms with Gasteiger partial charge in [0.1, 0.15) is 17.5 Å². The predicted molar refractivity (Wildman–Crippen MR) is 126 cm³/mol. The van der Waals surface area contributed by atoms with Crippen molar-refractivity contribution in [3.8, 4) is 28.3 Å². The molecule has 0 N–H and O–H groups in total. The Morgan fingerprint density at radius 2 is 1.47 bits per heavy atom. The van der Waals surface area contributed by atoms with Crippen molar-refractivity contribution in [2.75, 3.05) is 0 Å². The number of hydrogen-bond acceptors (Lipinski definition) is 1. The van der Waals surface area contributed by atoms with Gasteiger partial charge in [0, 0.05) is 17.8 Å². The second-order valence-electron chi connectivity index (χ2n) is 8.22. The molecule has 0 saturated heterocycles. The van der Waals surface area contributed by atoms with Crippen molar-refractivity contribution in [1.82, 2.24) is 9.55 Å². The Bertz CT molecular complexity index is 1450. The fraction of sp³-hybridized carbons (Fsp3) is 0.107. The molecule has 2 nitrogen and oxygen atoms in total. The summed E-state index contributed by atoms with van der Waals surface area (Å²) in [6.45, 7) is 6.13. The Morgan fingerprint density at radius 1 is 0.750 bits per heavy atom. The monoisotopic (exact) mass is 424 g/mol. The minimum absolute atomic E-state index is 0.261. The van der Waals surface area contributed by atoms with Crippen molar-refractivity contribution < 1.29 is 8.78 Å². The molecule has 5 rings (SSSR count). The molecule has 0 fully saturated rings. The zero-order valence-electron chi connectivity index (χ0n) is 18.2. The number of aromatic nitrogens is 2. The van der Waals surface area contributed by atoms with Crippen LogP contribution >= 0.6 is 0 Å². The Hall–Kier alpha value is -3.79. The average molecular weight is 424 g/mol. The van der Waals surface area contributed by atoms with E-state index in [2.05, 4.69) is 37.3 Å². The van der Waals surface area contributed by atoms with Crippen LogP contribution in [0.15, 0.2) is 79.0 Å². The van der Waals surface area contributed by atoms with Crippen molar-refractivity contribution >= 4 is 10.8 Å². The molecule has 0 bridgehead atoms. The van der Waals surface area contributed by atoms with Crippen LogP contribution in [0.25, 0.3) is 39.1 Å². The molecule has 0 spiro atoms. The maximum Gasteiger partial charge on any atom is 0.148 e. The van der Waals surface area contributed by atoms with Crippen LogP contribution in [-0.2, 0) is 0 Å². The zero-order valence-corrected chi connectivity index (χ0v) is 18.2. The lowest BCUT2D eigenvalue weighted by Crippen LogP contribution is -2.03. The van der Waals surface area contributed by atoms with Crippen molar-refractivity contribution in [3.05, 3.63) is 107 Å². The third-order valence-corrected chi connectivity index (χ3v) is 5.82. The van der Waals surface area contributed by atoms with Gasteiger partial charge in [-0.2, -0.15) is 0 Å². The van der Waals surface area contributed by atoms with E-state index in [1.807, 2.05) is 48.9 Å². The summed E-state index contributed by atoms with van der Waals surface area (Å²) in [6, 6.07) is 22.0. The molecule has 4 heteroatoms. The quantitative estimate of drug-likeness (QED) is 0.292. The maximum atomic E-state index is 14.9. The summed E-state index contributed by atoms with van der Waals surface area (Å²) in [7, 11) is 0. The molecule has 1 heterocycles. The van der Waals surface area contributed by atoms with Crippen molar-refractivity contribution in [2.45, 2.75) is 20.8 Å². The van der Waals surface area contributed by atoms with Gasteiger partial charge in [0.25, 0.3) is 0 Å². The van der Waals surface area contributed by atoms with Crippen molar-refractivity contribution in [2.24, 2.45) is 0 Å². The number of fused-ring (bicyclic) bond motifs is 1. The lowest BCUT2D eigenvalue weighted by atomic mass is 10.0. The summed E-state index contributed by atoms with van der Waals surface area (Å²) in [5.41, 5.74) is 6.20. The van der Waals surface area contributed by atoms with Gasteiger partial charge in [-0.25, -0.2) is 13.8 Å². The molecule has 1 aromatic heterocycles. The SMILES string of the molecule is Cc1cc(C)c(-n2cc(-c3cccc4ccccc34)nc2-c2ccc(F)cc2F)c(C)c1. The number of aryl methyl sites for hydroxylation is 3. The van der Waals surface area contributed by atoms with E-state index in [0.717, 1.165) is 50.5 Å². The molecule has 5 aromatic rings. The number of imidazole rings is 1. The van der Waals surface area contributed by atoms with Crippen LogP contribution in [0.1, 0.15) is 16.7 Å². The Kier molecular flexibility index (Phi) is 4.86. The highest BCUT2D eigenvalue weighted by Crippen LogP contribution is 2.34. The first-order valence-electron chi connectivity index (χ1n) is 10.5. The maximum absolute atomic E-state index is 14.9. The van der Waals surface area contributed by atoms with E-state index in [0.29, 0.717) is 5.82 Å². The highest BCUT2D eigenvalue weighted by atomic mass is 19.1. The smallest absolute Gasteiger partial charge is 0.148 e. The molecule has 0 aliphatic rings. The molecule has 0 atom stereocenters. The molecular weight excluding hydrogens is 402 g/mol. The Labute approximate surface area is 185 Å². The van der Waals surface area contributed by atoms with Crippen LogP contribution in [0.2, 0.25) is 0 Å². The van der Waals surface area contributed by atoms with Crippen LogP contribution in [0.5, 0.6) is 0 Å². The van der Waals surface area contributed by atoms with Gasteiger partial charge in [-0.3, -0.25) is 4.57 Å². The van der Waals surface area contributed by atoms with E-state index in [1.165, 1.54) is 12.1 Å². The molecular formula is C28H22F2N2. The van der Waals surface area contributed by atoms with Crippen molar-refractivity contribution in [1.29, 1.82) is 0 Å². The highest BCUT2D eigenvalue weighted by Gasteiger charge is 2.20. The minimum Gasteiger partial charge on any atom is -0.299 e. The first kappa shape index (κ1) is 20.1. The Balaban J connectivity index is 1.82. The summed E-state index contributed by atoms with van der Waals surface area (Å²) in [6.07, 6.45) is 1.95. The van der Waals surface area contributed by atoms with Crippen molar-refractivity contribution in [3.63, 3.8) is 0 Å². The lowest BCUT2D eigenvalue weighted by Gasteiger charge is -2.15. The van der Waals surface area contributed by atoms with E-state index in [-0.39, 0.29) is 5.56 Å². The predicted octanol–water partition coefficient (Wildman–Crippen LogP) is 7.56. The van der Waals surface area contributed by atoms with E-state index in [4.69, 9.17) is 4.98 Å². The highest BCUT2D eigenvalue weighted by molar-refractivity contribution is 5.96. The van der Waals surface area contributed by atoms with Gasteiger partial charge in [0.15, 0.2) is 0 Å². The molecule has 158 valence electrons. The number of halogens is 2. The van der Waals surface area contributed by atoms with Crippen LogP contribution in [-0.4, -0.2) is 9.55 Å². The number of rotatable bonds is 3. The molecule has 4 aromatic carbocycles. The van der Waals surface area contributed by atoms with Gasteiger partial charge >= 0.3 is 0 Å². The van der Waals surface area contributed by atoms with Gasteiger partial charge in [0.05, 0.1) is 16.9 Å². The Morgan fingerprint density at radius 3 is 2.22 bits per heavy atom. The summed E-state index contributed by atoms with van der Waals surface area (Å²) < 4.78 is 30.4. The van der Waals surface area contributed by atoms with E-state index < -0.39 is 11.6 Å². The second kappa shape index (κ2) is 7.72. The van der Waals surface area contributed by atoms with Gasteiger partial charge in [-0.05, 0) is 54.8 Å². The third-order valence-electron chi connectivity index (χ3n) is 5.82. The standard InChI is InChI=1S/C28H22F2N2/c1-17-13-18(2)27(19(3)14-17)32-16-26(23-10-6-8-20-7-4-5-9-22(20)23)31-28(32)24-12-11-21(29)15-25(24)30/h4-16H,1-3H3. The van der Waals surface area contributed by atoms with Gasteiger partial charge in [-0.15, -0.1) is 0 Å². The van der Waals surface area contributed by atoms with Crippen LogP contribution in [0, 0.1) is 32.4 Å². The minimum atomic E-state index is -0.635. The largest absolute Gasteiger partial charge is 0.299 e. The molecule has 0 radical (unpaired) electrons. The molecule has 0 amide bonds. The topological polar surface area (TPSA) is 17.8 Å². The van der Waals surface area contributed by atoms with Crippen LogP contribution < -0.4 is 0 Å². The molecule has 0 aliphatic carbocycles. The zero-order chi connectivity index (χ0) is 22.4. The molecule has 0 aliphatic heterocycles. The van der Waals surface area contributed by atoms with Gasteiger partial charge < -0.3 is 0 Å². The van der Waals surface area contributed by atoms with E-state index in [1.54, 1.807) is 0 Å². The number of nitrogens with zero attached hydrogens (tertiary/aromatic N) is 2. The lowest BCUT2D eigenvalue weighted by molar-refractivity contribution is 0.584. The fourth-order valence-electron chi connectivity index (χ4n) is 4.54. The van der Waals surface area contributed by atoms with Gasteiger partial charge in [0.2, 0.25) is 0 Å². The summed E-state index contributed by atoms with van der Waals surface area (Å²) in [5, 5.41) is 2.18. The fourth-order valence-corrected chi connectivity index (χ4v) is 4.54. The van der Waals surface area contributed by atoms with Crippen LogP contribution in [0.4, 0.5) is 8.78 Å². The van der Waals surface area contributed by atoms with Crippen LogP contribution in [0.3, 0.4) is 0 Å². The first-order valence-corrected chi connectivity index (χ1v) is 10.5. The normalized spacial score (nSPS) is 11.3. The second-order valence-corrected chi connectivity index (χ2v) is 8.22. The average Bonchev–Trinajstić information content (AvgIpc) is 3.17. The molecule has 0 unspecified atom stereocenters. The summed E-state index contributed by atoms with van der Waals surface area (Å²) in [5.74, 6) is -0.800. The number of benzene rings is 4. The van der Waals surface area contributed by atoms with Gasteiger partial charge in [-0.1, -0.05) is 60.2 Å². The number of hydrogen-bond donors (Lipinski definition) is 0. The van der Waals surface area contributed by atoms with E-state index >= 15 is 0 Å². The van der Waals surface area contributed by atoms with E-state index in [9.17, 15) is 8.78 Å². The first-order chi connectivity index (χ1) is 15.4. The third kappa shape index (κ3) is 3.38. The molecule has 0 saturated carbocycles.